The quantitative estimate of drug-likeness (QED) is 0.286. The number of amidine groups is 1. The Labute approximate surface area is 82.0 Å². The lowest BCUT2D eigenvalue weighted by Gasteiger charge is -2.11. The highest BCUT2D eigenvalue weighted by atomic mass is 16.5. The van der Waals surface area contributed by atoms with Crippen LogP contribution in [-0.2, 0) is 4.74 Å². The molecule has 0 radical (unpaired) electrons. The molecule has 0 aromatic heterocycles. The van der Waals surface area contributed by atoms with Crippen LogP contribution in [0.4, 0.5) is 0 Å². The number of ether oxygens (including phenoxy) is 1. The zero-order chi connectivity index (χ0) is 10.3. The van der Waals surface area contributed by atoms with Crippen LogP contribution >= 0.6 is 0 Å². The third-order valence-corrected chi connectivity index (χ3v) is 1.74. The highest BCUT2D eigenvalue weighted by Crippen LogP contribution is 1.95. The maximum Gasteiger partial charge on any atom is 0.445 e. The topological polar surface area (TPSA) is 15.5 Å². The Hall–Kier alpha value is -0.730. The van der Waals surface area contributed by atoms with Crippen molar-refractivity contribution in [2.75, 3.05) is 34.8 Å². The van der Waals surface area contributed by atoms with Crippen molar-refractivity contribution in [1.82, 2.24) is 4.90 Å². The molecule has 0 aliphatic rings. The molecule has 3 heteroatoms. The van der Waals surface area contributed by atoms with Gasteiger partial charge in [-0.1, -0.05) is 19.8 Å². The molecule has 0 saturated carbocycles. The van der Waals surface area contributed by atoms with E-state index in [4.69, 9.17) is 4.74 Å². The molecule has 0 rings (SSSR count). The molecule has 0 amide bonds. The summed E-state index contributed by atoms with van der Waals surface area (Å²) < 4.78 is 7.63. The summed E-state index contributed by atoms with van der Waals surface area (Å²) in [7, 11) is 7.98. The molecule has 0 fully saturated rings. The van der Waals surface area contributed by atoms with Gasteiger partial charge >= 0.3 is 6.02 Å². The van der Waals surface area contributed by atoms with Gasteiger partial charge in [0.1, 0.15) is 0 Å². The summed E-state index contributed by atoms with van der Waals surface area (Å²) in [5.74, 6) is 0. The number of hydrogen-bond donors (Lipinski definition) is 0. The Morgan fingerprint density at radius 1 is 1.23 bits per heavy atom. The Bertz CT molecular complexity index is 160. The van der Waals surface area contributed by atoms with E-state index in [1.54, 1.807) is 0 Å². The molecule has 3 nitrogen and oxygen atoms in total. The van der Waals surface area contributed by atoms with E-state index in [0.29, 0.717) is 0 Å². The van der Waals surface area contributed by atoms with Crippen molar-refractivity contribution in [2.45, 2.75) is 26.2 Å². The number of unbranched alkanes of at least 4 members (excludes halogenated alkanes) is 2. The van der Waals surface area contributed by atoms with Gasteiger partial charge in [0, 0.05) is 0 Å². The Morgan fingerprint density at radius 2 is 1.85 bits per heavy atom. The second-order valence-electron chi connectivity index (χ2n) is 3.63. The Kier molecular flexibility index (Phi) is 6.37. The SMILES string of the molecule is CCCCCOC(N(C)C)=[N+](C)C. The van der Waals surface area contributed by atoms with Crippen LogP contribution in [-0.4, -0.2) is 50.3 Å². The minimum atomic E-state index is 0.819. The van der Waals surface area contributed by atoms with Crippen LogP contribution in [0, 0.1) is 0 Å². The Morgan fingerprint density at radius 3 is 2.23 bits per heavy atom. The van der Waals surface area contributed by atoms with E-state index in [0.717, 1.165) is 19.0 Å². The summed E-state index contributed by atoms with van der Waals surface area (Å²) in [4.78, 5) is 1.99. The minimum absolute atomic E-state index is 0.819. The van der Waals surface area contributed by atoms with Gasteiger partial charge in [-0.05, 0) is 6.42 Å². The molecular formula is C10H23N2O+. The molecule has 0 aromatic rings. The van der Waals surface area contributed by atoms with Gasteiger partial charge in [0.2, 0.25) is 0 Å². The zero-order valence-corrected chi connectivity index (χ0v) is 9.63. The average molecular weight is 187 g/mol. The number of rotatable bonds is 4. The largest absolute Gasteiger partial charge is 0.445 e. The fourth-order valence-corrected chi connectivity index (χ4v) is 1.17. The van der Waals surface area contributed by atoms with Gasteiger partial charge in [0.25, 0.3) is 0 Å². The van der Waals surface area contributed by atoms with E-state index < -0.39 is 0 Å². The predicted octanol–water partition coefficient (Wildman–Crippen LogP) is 1.38. The zero-order valence-electron chi connectivity index (χ0n) is 9.63. The maximum absolute atomic E-state index is 5.64. The summed E-state index contributed by atoms with van der Waals surface area (Å²) in [5, 5.41) is 0. The summed E-state index contributed by atoms with van der Waals surface area (Å²) in [6.45, 7) is 3.02. The van der Waals surface area contributed by atoms with Gasteiger partial charge < -0.3 is 4.74 Å². The monoisotopic (exact) mass is 187 g/mol. The van der Waals surface area contributed by atoms with Crippen molar-refractivity contribution in [3.05, 3.63) is 0 Å². The average Bonchev–Trinajstić information content (AvgIpc) is 2.02. The molecule has 0 saturated heterocycles. The van der Waals surface area contributed by atoms with Crippen LogP contribution in [0.15, 0.2) is 0 Å². The van der Waals surface area contributed by atoms with Crippen LogP contribution in [0.3, 0.4) is 0 Å². The first-order chi connectivity index (χ1) is 6.09. The first-order valence-corrected chi connectivity index (χ1v) is 4.94. The predicted molar refractivity (Wildman–Crippen MR) is 56.3 cm³/mol. The lowest BCUT2D eigenvalue weighted by atomic mass is 10.3. The molecule has 0 heterocycles. The van der Waals surface area contributed by atoms with Crippen molar-refractivity contribution < 1.29 is 9.31 Å². The van der Waals surface area contributed by atoms with Gasteiger partial charge in [-0.25, -0.2) is 9.48 Å². The fraction of sp³-hybridized carbons (Fsp3) is 0.900. The second-order valence-corrected chi connectivity index (χ2v) is 3.63. The number of hydrogen-bond acceptors (Lipinski definition) is 1. The fourth-order valence-electron chi connectivity index (χ4n) is 1.17. The van der Waals surface area contributed by atoms with Crippen LogP contribution in [0.2, 0.25) is 0 Å². The van der Waals surface area contributed by atoms with Crippen molar-refractivity contribution in [1.29, 1.82) is 0 Å². The standard InChI is InChI=1S/C10H23N2O/c1-6-7-8-9-13-10(11(2)3)12(4)5/h6-9H2,1-5H3/q+1. The molecule has 0 aromatic carbocycles. The van der Waals surface area contributed by atoms with Gasteiger partial charge in [-0.3, -0.25) is 0 Å². The molecule has 0 spiro atoms. The first kappa shape index (κ1) is 12.3. The highest BCUT2D eigenvalue weighted by molar-refractivity contribution is 5.67. The number of nitrogens with zero attached hydrogens (tertiary/aromatic N) is 2. The molecule has 0 N–H and O–H groups in total. The van der Waals surface area contributed by atoms with E-state index in [2.05, 4.69) is 6.92 Å². The van der Waals surface area contributed by atoms with E-state index in [9.17, 15) is 0 Å². The van der Waals surface area contributed by atoms with Crippen LogP contribution < -0.4 is 0 Å². The van der Waals surface area contributed by atoms with Crippen LogP contribution in [0.25, 0.3) is 0 Å². The third kappa shape index (κ3) is 5.50. The summed E-state index contributed by atoms with van der Waals surface area (Å²) >= 11 is 0. The maximum atomic E-state index is 5.64. The van der Waals surface area contributed by atoms with Gasteiger partial charge in [-0.15, -0.1) is 0 Å². The molecule has 0 atom stereocenters. The lowest BCUT2D eigenvalue weighted by molar-refractivity contribution is -0.480. The lowest BCUT2D eigenvalue weighted by Crippen LogP contribution is -2.32. The molecule has 13 heavy (non-hydrogen) atoms. The minimum Gasteiger partial charge on any atom is -0.432 e. The first-order valence-electron chi connectivity index (χ1n) is 4.94. The van der Waals surface area contributed by atoms with Crippen molar-refractivity contribution in [2.24, 2.45) is 0 Å². The van der Waals surface area contributed by atoms with Crippen LogP contribution in [0.5, 0.6) is 0 Å². The van der Waals surface area contributed by atoms with E-state index in [1.165, 1.54) is 12.8 Å². The van der Waals surface area contributed by atoms with Crippen molar-refractivity contribution >= 4 is 6.02 Å². The molecule has 0 bridgehead atoms. The normalized spacial score (nSPS) is 9.62. The smallest absolute Gasteiger partial charge is 0.432 e. The summed E-state index contributed by atoms with van der Waals surface area (Å²) in [6, 6.07) is 0.927. The van der Waals surface area contributed by atoms with Crippen LogP contribution in [0.1, 0.15) is 26.2 Å². The molecular weight excluding hydrogens is 164 g/mol. The Balaban J connectivity index is 3.79. The van der Waals surface area contributed by atoms with Gasteiger partial charge in [0.05, 0.1) is 34.8 Å². The van der Waals surface area contributed by atoms with Gasteiger partial charge in [-0.2, -0.15) is 0 Å². The summed E-state index contributed by atoms with van der Waals surface area (Å²) in [5.41, 5.74) is 0. The van der Waals surface area contributed by atoms with Gasteiger partial charge in [0.15, 0.2) is 0 Å². The molecule has 78 valence electrons. The molecule has 0 aliphatic carbocycles. The van der Waals surface area contributed by atoms with Crippen molar-refractivity contribution in [3.63, 3.8) is 0 Å². The molecule has 0 aliphatic heterocycles. The van der Waals surface area contributed by atoms with Crippen molar-refractivity contribution in [3.8, 4) is 0 Å². The highest BCUT2D eigenvalue weighted by Gasteiger charge is 2.11. The molecule has 0 unspecified atom stereocenters. The van der Waals surface area contributed by atoms with E-state index >= 15 is 0 Å². The van der Waals surface area contributed by atoms with E-state index in [1.807, 2.05) is 37.7 Å². The van der Waals surface area contributed by atoms with E-state index in [-0.39, 0.29) is 0 Å². The third-order valence-electron chi connectivity index (χ3n) is 1.74. The second kappa shape index (κ2) is 6.75. The summed E-state index contributed by atoms with van der Waals surface area (Å²) in [6.07, 6.45) is 3.62.